The Labute approximate surface area is 212 Å². The molecule has 1 N–H and O–H groups in total. The maximum atomic E-state index is 13.4. The Morgan fingerprint density at radius 2 is 1.74 bits per heavy atom. The number of benzene rings is 3. The van der Waals surface area contributed by atoms with Crippen LogP contribution >= 0.6 is 23.2 Å². The molecule has 2 aliphatic heterocycles. The number of rotatable bonds is 3. The lowest BCUT2D eigenvalue weighted by Gasteiger charge is -2.28. The van der Waals surface area contributed by atoms with Crippen LogP contribution in [0.5, 0.6) is 5.75 Å². The first-order chi connectivity index (χ1) is 16.8. The average molecular weight is 509 g/mol. The van der Waals surface area contributed by atoms with Crippen LogP contribution in [0.15, 0.2) is 66.2 Å². The SMILES string of the molecule is Cc1ccccc1C1/C(=C(\O)c2ccc3c(c2)N(C)CCO3)C(=O)C(=O)N1c1cc(Cl)cc(Cl)c1. The highest BCUT2D eigenvalue weighted by Crippen LogP contribution is 2.45. The van der Waals surface area contributed by atoms with Gasteiger partial charge in [0.25, 0.3) is 11.7 Å². The van der Waals surface area contributed by atoms with E-state index in [1.165, 1.54) is 4.90 Å². The van der Waals surface area contributed by atoms with Crippen LogP contribution in [-0.4, -0.2) is 37.0 Å². The monoisotopic (exact) mass is 508 g/mol. The topological polar surface area (TPSA) is 70.1 Å². The largest absolute Gasteiger partial charge is 0.507 e. The van der Waals surface area contributed by atoms with Crippen LogP contribution in [0.25, 0.3) is 5.76 Å². The summed E-state index contributed by atoms with van der Waals surface area (Å²) in [4.78, 5) is 30.1. The number of aliphatic hydroxyl groups excluding tert-OH is 1. The molecule has 178 valence electrons. The molecule has 1 saturated heterocycles. The molecule has 1 fully saturated rings. The van der Waals surface area contributed by atoms with Gasteiger partial charge in [-0.25, -0.2) is 0 Å². The number of hydrogen-bond acceptors (Lipinski definition) is 5. The van der Waals surface area contributed by atoms with Gasteiger partial charge in [-0.2, -0.15) is 0 Å². The van der Waals surface area contributed by atoms with Gasteiger partial charge in [-0.1, -0.05) is 47.5 Å². The molecular weight excluding hydrogens is 487 g/mol. The van der Waals surface area contributed by atoms with E-state index in [1.54, 1.807) is 36.4 Å². The summed E-state index contributed by atoms with van der Waals surface area (Å²) in [5.41, 5.74) is 3.16. The Balaban J connectivity index is 1.73. The fourth-order valence-corrected chi connectivity index (χ4v) is 5.13. The minimum Gasteiger partial charge on any atom is -0.507 e. The molecule has 0 radical (unpaired) electrons. The predicted molar refractivity (Wildman–Crippen MR) is 138 cm³/mol. The number of likely N-dealkylation sites (N-methyl/N-ethyl adjacent to an activating group) is 1. The quantitative estimate of drug-likeness (QED) is 0.276. The Kier molecular flexibility index (Phi) is 5.95. The van der Waals surface area contributed by atoms with E-state index in [0.29, 0.717) is 45.8 Å². The number of aliphatic hydroxyl groups is 1. The van der Waals surface area contributed by atoms with Crippen molar-refractivity contribution in [3.05, 3.63) is 93.0 Å². The summed E-state index contributed by atoms with van der Waals surface area (Å²) in [6, 6.07) is 16.5. The highest BCUT2D eigenvalue weighted by Gasteiger charge is 2.47. The minimum atomic E-state index is -0.865. The summed E-state index contributed by atoms with van der Waals surface area (Å²) < 4.78 is 5.70. The van der Waals surface area contributed by atoms with Crippen molar-refractivity contribution in [1.82, 2.24) is 0 Å². The highest BCUT2D eigenvalue weighted by atomic mass is 35.5. The van der Waals surface area contributed by atoms with Crippen LogP contribution in [0, 0.1) is 6.92 Å². The second-order valence-corrected chi connectivity index (χ2v) is 9.48. The van der Waals surface area contributed by atoms with Crippen molar-refractivity contribution in [2.75, 3.05) is 30.0 Å². The number of halogens is 2. The Bertz CT molecular complexity index is 1380. The normalized spacial score (nSPS) is 19.0. The molecule has 8 heteroatoms. The van der Waals surface area contributed by atoms with E-state index in [0.717, 1.165) is 11.3 Å². The molecule has 1 amide bonds. The zero-order valence-corrected chi connectivity index (χ0v) is 20.6. The summed E-state index contributed by atoms with van der Waals surface area (Å²) >= 11 is 12.5. The molecule has 2 heterocycles. The lowest BCUT2D eigenvalue weighted by atomic mass is 9.92. The van der Waals surface area contributed by atoms with Gasteiger partial charge in [0.05, 0.1) is 23.8 Å². The van der Waals surface area contributed by atoms with E-state index in [2.05, 4.69) is 0 Å². The number of anilines is 2. The molecule has 35 heavy (non-hydrogen) atoms. The fourth-order valence-electron chi connectivity index (χ4n) is 4.62. The van der Waals surface area contributed by atoms with Gasteiger partial charge in [0.2, 0.25) is 0 Å². The Hall–Kier alpha value is -3.48. The minimum absolute atomic E-state index is 0.000251. The van der Waals surface area contributed by atoms with Gasteiger partial charge in [-0.05, 0) is 54.4 Å². The van der Waals surface area contributed by atoms with Crippen LogP contribution in [0.3, 0.4) is 0 Å². The molecular formula is C27H22Cl2N2O4. The molecule has 1 unspecified atom stereocenters. The number of fused-ring (bicyclic) bond motifs is 1. The Morgan fingerprint density at radius 1 is 1.03 bits per heavy atom. The van der Waals surface area contributed by atoms with Crippen molar-refractivity contribution < 1.29 is 19.4 Å². The van der Waals surface area contributed by atoms with E-state index >= 15 is 0 Å². The molecule has 5 rings (SSSR count). The summed E-state index contributed by atoms with van der Waals surface area (Å²) in [6.07, 6.45) is 0. The van der Waals surface area contributed by atoms with E-state index in [1.807, 2.05) is 43.1 Å². The van der Waals surface area contributed by atoms with Crippen molar-refractivity contribution in [1.29, 1.82) is 0 Å². The molecule has 3 aromatic carbocycles. The summed E-state index contributed by atoms with van der Waals surface area (Å²) in [6.45, 7) is 3.15. The Morgan fingerprint density at radius 3 is 2.46 bits per heavy atom. The smallest absolute Gasteiger partial charge is 0.300 e. The van der Waals surface area contributed by atoms with Crippen LogP contribution in [0.4, 0.5) is 11.4 Å². The third kappa shape index (κ3) is 4.03. The van der Waals surface area contributed by atoms with Gasteiger partial charge in [0.1, 0.15) is 18.1 Å². The standard InChI is InChI=1S/C27H22Cl2N2O4/c1-15-5-3-4-6-20(15)24-23(25(32)16-7-8-22-21(11-16)30(2)9-10-35-22)26(33)27(34)31(24)19-13-17(28)12-18(29)14-19/h3-8,11-14,24,32H,9-10H2,1-2H3/b25-23+. The zero-order valence-electron chi connectivity index (χ0n) is 19.1. The molecule has 0 spiro atoms. The number of ketones is 1. The number of Topliss-reactive ketones (excluding diaryl/α,β-unsaturated/α-hetero) is 1. The van der Waals surface area contributed by atoms with Crippen molar-refractivity contribution in [2.45, 2.75) is 13.0 Å². The van der Waals surface area contributed by atoms with Crippen molar-refractivity contribution in [2.24, 2.45) is 0 Å². The van der Waals surface area contributed by atoms with Gasteiger partial charge < -0.3 is 14.7 Å². The van der Waals surface area contributed by atoms with E-state index in [4.69, 9.17) is 27.9 Å². The van der Waals surface area contributed by atoms with E-state index in [-0.39, 0.29) is 11.3 Å². The number of nitrogens with zero attached hydrogens (tertiary/aromatic N) is 2. The maximum Gasteiger partial charge on any atom is 0.300 e. The van der Waals surface area contributed by atoms with Gasteiger partial charge in [0.15, 0.2) is 0 Å². The molecule has 0 aliphatic carbocycles. The van der Waals surface area contributed by atoms with Crippen LogP contribution in [0.2, 0.25) is 10.0 Å². The molecule has 0 saturated carbocycles. The summed E-state index contributed by atoms with van der Waals surface area (Å²) in [5.74, 6) is -1.11. The van der Waals surface area contributed by atoms with Crippen LogP contribution in [0.1, 0.15) is 22.7 Å². The lowest BCUT2D eigenvalue weighted by Crippen LogP contribution is -2.29. The first kappa shape index (κ1) is 23.3. The third-order valence-corrected chi connectivity index (χ3v) is 6.82. The van der Waals surface area contributed by atoms with E-state index < -0.39 is 17.7 Å². The molecule has 3 aromatic rings. The number of ether oxygens (including phenoxy) is 1. The number of hydrogen-bond donors (Lipinski definition) is 1. The average Bonchev–Trinajstić information content (AvgIpc) is 3.08. The van der Waals surface area contributed by atoms with Gasteiger partial charge >= 0.3 is 0 Å². The lowest BCUT2D eigenvalue weighted by molar-refractivity contribution is -0.132. The second kappa shape index (κ2) is 8.95. The molecule has 2 aliphatic rings. The van der Waals surface area contributed by atoms with Gasteiger partial charge in [0, 0.05) is 28.3 Å². The van der Waals surface area contributed by atoms with Crippen LogP contribution < -0.4 is 14.5 Å². The highest BCUT2D eigenvalue weighted by molar-refractivity contribution is 6.52. The molecule has 6 nitrogen and oxygen atoms in total. The van der Waals surface area contributed by atoms with Gasteiger partial charge in [-0.3, -0.25) is 14.5 Å². The first-order valence-electron chi connectivity index (χ1n) is 11.1. The molecule has 1 atom stereocenters. The van der Waals surface area contributed by atoms with E-state index in [9.17, 15) is 14.7 Å². The number of carbonyl (C=O) groups is 2. The summed E-state index contributed by atoms with van der Waals surface area (Å²) in [7, 11) is 1.93. The van der Waals surface area contributed by atoms with Crippen molar-refractivity contribution in [3.8, 4) is 5.75 Å². The maximum absolute atomic E-state index is 13.4. The third-order valence-electron chi connectivity index (χ3n) is 6.38. The first-order valence-corrected chi connectivity index (χ1v) is 11.8. The predicted octanol–water partition coefficient (Wildman–Crippen LogP) is 5.76. The number of carbonyl (C=O) groups excluding carboxylic acids is 2. The molecule has 0 aromatic heterocycles. The van der Waals surface area contributed by atoms with Crippen LogP contribution in [-0.2, 0) is 9.59 Å². The zero-order chi connectivity index (χ0) is 24.9. The summed E-state index contributed by atoms with van der Waals surface area (Å²) in [5, 5.41) is 12.1. The van der Waals surface area contributed by atoms with Crippen molar-refractivity contribution >= 4 is 52.0 Å². The fraction of sp³-hybridized carbons (Fsp3) is 0.185. The number of aryl methyl sites for hydroxylation is 1. The second-order valence-electron chi connectivity index (χ2n) is 8.61. The van der Waals surface area contributed by atoms with Crippen molar-refractivity contribution in [3.63, 3.8) is 0 Å². The number of amides is 1. The van der Waals surface area contributed by atoms with Gasteiger partial charge in [-0.15, -0.1) is 0 Å². The molecule has 0 bridgehead atoms.